The second-order valence-corrected chi connectivity index (χ2v) is 4.65. The number of nitrogens with zero attached hydrogens (tertiary/aromatic N) is 3. The minimum atomic E-state index is -0.498. The molecule has 22 heavy (non-hydrogen) atoms. The van der Waals surface area contributed by atoms with Crippen LogP contribution < -0.4 is 0 Å². The molecule has 1 aliphatic rings. The summed E-state index contributed by atoms with van der Waals surface area (Å²) in [5.74, 6) is 4.63. The van der Waals surface area contributed by atoms with E-state index in [4.69, 9.17) is 5.53 Å². The third kappa shape index (κ3) is 2.24. The number of hydrogen-bond donors (Lipinski definition) is 0. The Morgan fingerprint density at radius 2 is 1.64 bits per heavy atom. The molecular formula is C17H9N3O2. The molecule has 1 aliphatic carbocycles. The number of hydrogen-bond acceptors (Lipinski definition) is 3. The minimum absolute atomic E-state index is 0.0849. The van der Waals surface area contributed by atoms with Crippen molar-refractivity contribution in [2.45, 2.75) is 0 Å². The number of Topliss-reactive ketones (excluding diaryl/α,β-unsaturated/α-hetero) is 2. The van der Waals surface area contributed by atoms with Crippen LogP contribution in [0.5, 0.6) is 0 Å². The van der Waals surface area contributed by atoms with Gasteiger partial charge in [0.05, 0.1) is 6.54 Å². The van der Waals surface area contributed by atoms with Gasteiger partial charge in [-0.25, -0.2) is 0 Å². The van der Waals surface area contributed by atoms with Gasteiger partial charge < -0.3 is 0 Å². The van der Waals surface area contributed by atoms with Gasteiger partial charge in [-0.05, 0) is 34.9 Å². The summed E-state index contributed by atoms with van der Waals surface area (Å²) in [5.41, 5.74) is 11.2. The zero-order valence-corrected chi connectivity index (χ0v) is 11.4. The fourth-order valence-corrected chi connectivity index (χ4v) is 2.41. The highest BCUT2D eigenvalue weighted by Crippen LogP contribution is 2.33. The summed E-state index contributed by atoms with van der Waals surface area (Å²) < 4.78 is 0. The van der Waals surface area contributed by atoms with Crippen LogP contribution in [-0.4, -0.2) is 18.1 Å². The summed E-state index contributed by atoms with van der Waals surface area (Å²) in [6, 6.07) is 12.1. The zero-order chi connectivity index (χ0) is 15.5. The molecule has 0 bridgehead atoms. The molecule has 0 aromatic heterocycles. The van der Waals surface area contributed by atoms with Crippen LogP contribution >= 0.6 is 0 Å². The van der Waals surface area contributed by atoms with Crippen molar-refractivity contribution in [3.8, 4) is 23.0 Å². The Morgan fingerprint density at radius 3 is 2.36 bits per heavy atom. The van der Waals surface area contributed by atoms with E-state index in [-0.39, 0.29) is 6.54 Å². The molecule has 0 spiro atoms. The average Bonchev–Trinajstić information content (AvgIpc) is 2.56. The smallest absolute Gasteiger partial charge is 0.234 e. The lowest BCUT2D eigenvalue weighted by atomic mass is 9.83. The second-order valence-electron chi connectivity index (χ2n) is 4.65. The molecule has 0 unspecified atom stereocenters. The lowest BCUT2D eigenvalue weighted by molar-refractivity contribution is 0.0815. The fourth-order valence-electron chi connectivity index (χ4n) is 2.41. The highest BCUT2D eigenvalue weighted by molar-refractivity contribution is 6.53. The Labute approximate surface area is 126 Å². The van der Waals surface area contributed by atoms with Gasteiger partial charge in [0.15, 0.2) is 0 Å². The summed E-state index contributed by atoms with van der Waals surface area (Å²) in [6.45, 7) is 0.0849. The molecule has 2 aromatic carbocycles. The first kappa shape index (κ1) is 13.6. The van der Waals surface area contributed by atoms with E-state index in [1.807, 2.05) is 12.1 Å². The van der Waals surface area contributed by atoms with Crippen LogP contribution in [-0.2, 0) is 0 Å². The number of azide groups is 1. The highest BCUT2D eigenvalue weighted by Gasteiger charge is 2.29. The molecule has 3 rings (SSSR count). The molecule has 5 heteroatoms. The summed E-state index contributed by atoms with van der Waals surface area (Å²) >= 11 is 0. The largest absolute Gasteiger partial charge is 0.285 e. The molecule has 5 nitrogen and oxygen atoms in total. The van der Waals surface area contributed by atoms with Crippen molar-refractivity contribution in [2.24, 2.45) is 5.11 Å². The Balaban J connectivity index is 2.12. The second kappa shape index (κ2) is 5.57. The van der Waals surface area contributed by atoms with Gasteiger partial charge in [-0.2, -0.15) is 0 Å². The van der Waals surface area contributed by atoms with Gasteiger partial charge in [-0.3, -0.25) is 9.59 Å². The molecule has 104 valence electrons. The molecule has 0 saturated carbocycles. The maximum Gasteiger partial charge on any atom is 0.234 e. The Hall–Kier alpha value is -3.35. The molecule has 0 aliphatic heterocycles. The van der Waals surface area contributed by atoms with Gasteiger partial charge in [0, 0.05) is 21.6 Å². The van der Waals surface area contributed by atoms with Gasteiger partial charge in [-0.15, -0.1) is 0 Å². The van der Waals surface area contributed by atoms with E-state index in [1.54, 1.807) is 30.3 Å². The van der Waals surface area contributed by atoms with Crippen molar-refractivity contribution in [3.05, 3.63) is 69.6 Å². The van der Waals surface area contributed by atoms with Crippen LogP contribution in [0, 0.1) is 11.8 Å². The minimum Gasteiger partial charge on any atom is -0.285 e. The summed E-state index contributed by atoms with van der Waals surface area (Å²) in [6.07, 6.45) is 0. The third-order valence-electron chi connectivity index (χ3n) is 3.38. The van der Waals surface area contributed by atoms with Crippen molar-refractivity contribution in [1.29, 1.82) is 0 Å². The number of fused-ring (bicyclic) bond motifs is 3. The monoisotopic (exact) mass is 287 g/mol. The van der Waals surface area contributed by atoms with E-state index < -0.39 is 11.6 Å². The van der Waals surface area contributed by atoms with Crippen molar-refractivity contribution in [2.75, 3.05) is 6.54 Å². The third-order valence-corrected chi connectivity index (χ3v) is 3.38. The molecule has 2 aromatic rings. The van der Waals surface area contributed by atoms with E-state index in [9.17, 15) is 9.59 Å². The first-order valence-electron chi connectivity index (χ1n) is 6.54. The van der Waals surface area contributed by atoms with Crippen LogP contribution in [0.25, 0.3) is 21.6 Å². The number of benzene rings is 2. The summed E-state index contributed by atoms with van der Waals surface area (Å²) in [7, 11) is 0. The molecule has 0 radical (unpaired) electrons. The van der Waals surface area contributed by atoms with Crippen molar-refractivity contribution in [3.63, 3.8) is 0 Å². The maximum absolute atomic E-state index is 12.1. The predicted octanol–water partition coefficient (Wildman–Crippen LogP) is 3.39. The normalized spacial score (nSPS) is 11.6. The first-order chi connectivity index (χ1) is 10.7. The van der Waals surface area contributed by atoms with Gasteiger partial charge in [0.25, 0.3) is 0 Å². The SMILES string of the molecule is [N-]=[N+]=NCC#Cc1ccc2c(c1)-c1ccccc1C(=O)C2=O. The molecule has 0 amide bonds. The van der Waals surface area contributed by atoms with Crippen molar-refractivity contribution < 1.29 is 9.59 Å². The van der Waals surface area contributed by atoms with E-state index in [1.165, 1.54) is 0 Å². The number of carbonyl (C=O) groups excluding carboxylic acids is 2. The molecule has 0 heterocycles. The maximum atomic E-state index is 12.1. The van der Waals surface area contributed by atoms with Crippen LogP contribution in [0.1, 0.15) is 26.3 Å². The molecular weight excluding hydrogens is 278 g/mol. The highest BCUT2D eigenvalue weighted by atomic mass is 16.2. The average molecular weight is 287 g/mol. The van der Waals surface area contributed by atoms with Crippen LogP contribution in [0.15, 0.2) is 47.6 Å². The van der Waals surface area contributed by atoms with Crippen LogP contribution in [0.4, 0.5) is 0 Å². The lowest BCUT2D eigenvalue weighted by Gasteiger charge is -2.17. The van der Waals surface area contributed by atoms with Gasteiger partial charge in [-0.1, -0.05) is 41.2 Å². The fraction of sp³-hybridized carbons (Fsp3) is 0.0588. The Bertz CT molecular complexity index is 913. The molecule has 0 atom stereocenters. The first-order valence-corrected chi connectivity index (χ1v) is 6.54. The van der Waals surface area contributed by atoms with Gasteiger partial charge in [0.1, 0.15) is 0 Å². The molecule has 0 saturated heterocycles. The van der Waals surface area contributed by atoms with Crippen LogP contribution in [0.3, 0.4) is 0 Å². The Morgan fingerprint density at radius 1 is 0.955 bits per heavy atom. The van der Waals surface area contributed by atoms with E-state index in [0.29, 0.717) is 22.3 Å². The Kier molecular flexibility index (Phi) is 3.45. The van der Waals surface area contributed by atoms with E-state index in [2.05, 4.69) is 21.9 Å². The summed E-state index contributed by atoms with van der Waals surface area (Å²) in [4.78, 5) is 26.9. The van der Waals surface area contributed by atoms with Crippen LogP contribution in [0.2, 0.25) is 0 Å². The van der Waals surface area contributed by atoms with E-state index in [0.717, 1.165) is 5.56 Å². The number of carbonyl (C=O) groups is 2. The van der Waals surface area contributed by atoms with Crippen molar-refractivity contribution in [1.82, 2.24) is 0 Å². The molecule has 0 N–H and O–H groups in total. The standard InChI is InChI=1S/C17H9N3O2/c18-20-19-9-3-4-11-7-8-14-15(10-11)12-5-1-2-6-13(12)16(21)17(14)22/h1-2,5-8,10H,9H2. The van der Waals surface area contributed by atoms with Gasteiger partial charge >= 0.3 is 0 Å². The van der Waals surface area contributed by atoms with E-state index >= 15 is 0 Å². The van der Waals surface area contributed by atoms with Gasteiger partial charge in [0.2, 0.25) is 11.6 Å². The number of rotatable bonds is 1. The summed E-state index contributed by atoms with van der Waals surface area (Å²) in [5, 5.41) is 3.34. The predicted molar refractivity (Wildman–Crippen MR) is 81.4 cm³/mol. The molecule has 0 fully saturated rings. The quantitative estimate of drug-likeness (QED) is 0.265. The zero-order valence-electron chi connectivity index (χ0n) is 11.4. The number of ketones is 2. The van der Waals surface area contributed by atoms with Crippen molar-refractivity contribution >= 4 is 11.6 Å². The topological polar surface area (TPSA) is 82.9 Å². The lowest BCUT2D eigenvalue weighted by Crippen LogP contribution is -2.21.